The molecule has 3 heteroatoms. The van der Waals surface area contributed by atoms with E-state index >= 15 is 0 Å². The molecule has 1 aliphatic carbocycles. The normalized spacial score (nSPS) is 30.2. The van der Waals surface area contributed by atoms with Gasteiger partial charge in [-0.25, -0.2) is 0 Å². The SMILES string of the molecule is CC1CC(C)CC(Nc2ccc(N3CCOCC3)cc2)C1. The van der Waals surface area contributed by atoms with Gasteiger partial charge >= 0.3 is 0 Å². The molecule has 1 aliphatic heterocycles. The summed E-state index contributed by atoms with van der Waals surface area (Å²) in [4.78, 5) is 2.40. The number of ether oxygens (including phenoxy) is 1. The second-order valence-corrected chi connectivity index (χ2v) is 6.91. The minimum atomic E-state index is 0.637. The lowest BCUT2D eigenvalue weighted by molar-refractivity contribution is 0.122. The number of hydrogen-bond donors (Lipinski definition) is 1. The van der Waals surface area contributed by atoms with Crippen molar-refractivity contribution in [3.05, 3.63) is 24.3 Å². The molecule has 21 heavy (non-hydrogen) atoms. The Morgan fingerprint density at radius 2 is 1.57 bits per heavy atom. The van der Waals surface area contributed by atoms with Crippen LogP contribution in [0.15, 0.2) is 24.3 Å². The maximum absolute atomic E-state index is 5.41. The van der Waals surface area contributed by atoms with Crippen LogP contribution in [0.5, 0.6) is 0 Å². The van der Waals surface area contributed by atoms with Gasteiger partial charge < -0.3 is 15.0 Å². The predicted molar refractivity (Wildman–Crippen MR) is 89.1 cm³/mol. The summed E-state index contributed by atoms with van der Waals surface area (Å²) in [7, 11) is 0. The first-order chi connectivity index (χ1) is 10.2. The minimum absolute atomic E-state index is 0.637. The third-order valence-electron chi connectivity index (χ3n) is 4.79. The van der Waals surface area contributed by atoms with Gasteiger partial charge in [-0.3, -0.25) is 0 Å². The number of morpholine rings is 1. The quantitative estimate of drug-likeness (QED) is 0.916. The number of benzene rings is 1. The molecule has 116 valence electrons. The second-order valence-electron chi connectivity index (χ2n) is 6.91. The van der Waals surface area contributed by atoms with Crippen molar-refractivity contribution < 1.29 is 4.74 Å². The maximum atomic E-state index is 5.41. The largest absolute Gasteiger partial charge is 0.382 e. The van der Waals surface area contributed by atoms with Crippen molar-refractivity contribution in [2.45, 2.75) is 39.2 Å². The highest BCUT2D eigenvalue weighted by Gasteiger charge is 2.23. The highest BCUT2D eigenvalue weighted by atomic mass is 16.5. The van der Waals surface area contributed by atoms with E-state index in [1.165, 1.54) is 30.6 Å². The van der Waals surface area contributed by atoms with E-state index in [0.717, 1.165) is 38.1 Å². The first-order valence-electron chi connectivity index (χ1n) is 8.40. The Labute approximate surface area is 128 Å². The molecule has 3 nitrogen and oxygen atoms in total. The highest BCUT2D eigenvalue weighted by Crippen LogP contribution is 2.30. The average molecular weight is 288 g/mol. The van der Waals surface area contributed by atoms with E-state index < -0.39 is 0 Å². The van der Waals surface area contributed by atoms with Crippen molar-refractivity contribution in [3.63, 3.8) is 0 Å². The van der Waals surface area contributed by atoms with Crippen molar-refractivity contribution >= 4 is 11.4 Å². The van der Waals surface area contributed by atoms with Crippen LogP contribution in [-0.2, 0) is 4.74 Å². The van der Waals surface area contributed by atoms with Crippen LogP contribution in [0.4, 0.5) is 11.4 Å². The van der Waals surface area contributed by atoms with Gasteiger partial charge in [0.15, 0.2) is 0 Å². The van der Waals surface area contributed by atoms with Crippen molar-refractivity contribution in [3.8, 4) is 0 Å². The van der Waals surface area contributed by atoms with Crippen LogP contribution in [0.1, 0.15) is 33.1 Å². The number of anilines is 2. The highest BCUT2D eigenvalue weighted by molar-refractivity contribution is 5.55. The fourth-order valence-electron chi connectivity index (χ4n) is 3.89. The number of rotatable bonds is 3. The van der Waals surface area contributed by atoms with Gasteiger partial charge in [0, 0.05) is 30.5 Å². The summed E-state index contributed by atoms with van der Waals surface area (Å²) in [5.41, 5.74) is 2.58. The van der Waals surface area contributed by atoms with Crippen molar-refractivity contribution in [2.24, 2.45) is 11.8 Å². The van der Waals surface area contributed by atoms with Gasteiger partial charge in [0.2, 0.25) is 0 Å². The fourth-order valence-corrected chi connectivity index (χ4v) is 3.89. The van der Waals surface area contributed by atoms with Crippen LogP contribution in [0.25, 0.3) is 0 Å². The zero-order chi connectivity index (χ0) is 14.7. The van der Waals surface area contributed by atoms with Gasteiger partial charge in [-0.2, -0.15) is 0 Å². The molecule has 2 aliphatic rings. The van der Waals surface area contributed by atoms with Crippen molar-refractivity contribution in [1.82, 2.24) is 0 Å². The smallest absolute Gasteiger partial charge is 0.0642 e. The zero-order valence-corrected chi connectivity index (χ0v) is 13.3. The van der Waals surface area contributed by atoms with Crippen LogP contribution in [0, 0.1) is 11.8 Å². The van der Waals surface area contributed by atoms with Gasteiger partial charge in [-0.1, -0.05) is 13.8 Å². The molecular formula is C18H28N2O. The minimum Gasteiger partial charge on any atom is -0.382 e. The molecule has 1 N–H and O–H groups in total. The van der Waals surface area contributed by atoms with E-state index in [4.69, 9.17) is 4.74 Å². The summed E-state index contributed by atoms with van der Waals surface area (Å²) in [6, 6.07) is 9.58. The summed E-state index contributed by atoms with van der Waals surface area (Å²) in [6.07, 6.45) is 3.99. The summed E-state index contributed by atoms with van der Waals surface area (Å²) >= 11 is 0. The topological polar surface area (TPSA) is 24.5 Å². The molecular weight excluding hydrogens is 260 g/mol. The van der Waals surface area contributed by atoms with Crippen molar-refractivity contribution in [2.75, 3.05) is 36.5 Å². The Hall–Kier alpha value is -1.22. The third-order valence-corrected chi connectivity index (χ3v) is 4.79. The number of hydrogen-bond acceptors (Lipinski definition) is 3. The molecule has 0 amide bonds. The Morgan fingerprint density at radius 1 is 0.952 bits per heavy atom. The molecule has 2 unspecified atom stereocenters. The monoisotopic (exact) mass is 288 g/mol. The summed E-state index contributed by atoms with van der Waals surface area (Å²) in [6.45, 7) is 8.46. The van der Waals surface area contributed by atoms with Gasteiger partial charge in [0.1, 0.15) is 0 Å². The lowest BCUT2D eigenvalue weighted by atomic mass is 9.80. The van der Waals surface area contributed by atoms with E-state index in [-0.39, 0.29) is 0 Å². The fraction of sp³-hybridized carbons (Fsp3) is 0.667. The van der Waals surface area contributed by atoms with Gasteiger partial charge in [-0.15, -0.1) is 0 Å². The van der Waals surface area contributed by atoms with E-state index in [2.05, 4.69) is 48.3 Å². The van der Waals surface area contributed by atoms with E-state index in [1.807, 2.05) is 0 Å². The molecule has 3 rings (SSSR count). The van der Waals surface area contributed by atoms with E-state index in [0.29, 0.717) is 6.04 Å². The van der Waals surface area contributed by atoms with Gasteiger partial charge in [0.25, 0.3) is 0 Å². The van der Waals surface area contributed by atoms with Gasteiger partial charge in [0.05, 0.1) is 13.2 Å². The standard InChI is InChI=1S/C18H28N2O/c1-14-11-15(2)13-17(12-14)19-16-3-5-18(6-4-16)20-7-9-21-10-8-20/h3-6,14-15,17,19H,7-13H2,1-2H3. The van der Waals surface area contributed by atoms with Crippen LogP contribution in [0.3, 0.4) is 0 Å². The zero-order valence-electron chi connectivity index (χ0n) is 13.3. The second kappa shape index (κ2) is 6.69. The predicted octanol–water partition coefficient (Wildman–Crippen LogP) is 3.76. The molecule has 2 fully saturated rings. The Balaban J connectivity index is 1.59. The van der Waals surface area contributed by atoms with E-state index in [9.17, 15) is 0 Å². The van der Waals surface area contributed by atoms with Crippen LogP contribution in [-0.4, -0.2) is 32.3 Å². The summed E-state index contributed by atoms with van der Waals surface area (Å²) in [5.74, 6) is 1.69. The van der Waals surface area contributed by atoms with Crippen LogP contribution in [0.2, 0.25) is 0 Å². The number of nitrogens with one attached hydrogen (secondary N) is 1. The molecule has 0 radical (unpaired) electrons. The van der Waals surface area contributed by atoms with E-state index in [1.54, 1.807) is 0 Å². The summed E-state index contributed by atoms with van der Waals surface area (Å²) in [5, 5.41) is 3.73. The third kappa shape index (κ3) is 3.91. The maximum Gasteiger partial charge on any atom is 0.0642 e. The average Bonchev–Trinajstić information content (AvgIpc) is 2.48. The molecule has 1 aromatic carbocycles. The molecule has 1 aromatic rings. The lowest BCUT2D eigenvalue weighted by Gasteiger charge is -2.33. The number of nitrogens with zero attached hydrogens (tertiary/aromatic N) is 1. The Bertz CT molecular complexity index is 429. The first kappa shape index (κ1) is 14.7. The molecule has 2 atom stereocenters. The first-order valence-corrected chi connectivity index (χ1v) is 8.40. The Kier molecular flexibility index (Phi) is 4.69. The van der Waals surface area contributed by atoms with Crippen molar-refractivity contribution in [1.29, 1.82) is 0 Å². The molecule has 0 bridgehead atoms. The van der Waals surface area contributed by atoms with Gasteiger partial charge in [-0.05, 0) is 55.4 Å². The molecule has 0 aromatic heterocycles. The molecule has 1 heterocycles. The molecule has 0 spiro atoms. The van der Waals surface area contributed by atoms with Crippen LogP contribution >= 0.6 is 0 Å². The molecule has 1 saturated heterocycles. The summed E-state index contributed by atoms with van der Waals surface area (Å²) < 4.78 is 5.41. The molecule has 1 saturated carbocycles. The lowest BCUT2D eigenvalue weighted by Crippen LogP contribution is -2.36. The van der Waals surface area contributed by atoms with Crippen LogP contribution < -0.4 is 10.2 Å². The Morgan fingerprint density at radius 3 is 2.19 bits per heavy atom.